The molecule has 0 saturated carbocycles. The number of benzene rings is 1. The van der Waals surface area contributed by atoms with Crippen LogP contribution in [0.25, 0.3) is 5.57 Å². The third-order valence-corrected chi connectivity index (χ3v) is 2.00. The average molecular weight is 209 g/mol. The number of hydrogen-bond acceptors (Lipinski definition) is 3. The van der Waals surface area contributed by atoms with Gasteiger partial charge in [-0.2, -0.15) is 0 Å². The van der Waals surface area contributed by atoms with E-state index in [9.17, 15) is 9.18 Å². The Labute approximate surface area is 87.3 Å². The van der Waals surface area contributed by atoms with Crippen LogP contribution < -0.4 is 5.73 Å². The Morgan fingerprint density at radius 2 is 2.07 bits per heavy atom. The van der Waals surface area contributed by atoms with Gasteiger partial charge in [0.2, 0.25) is 0 Å². The maximum Gasteiger partial charge on any atom is 0.340 e. The Hall–Kier alpha value is -1.84. The van der Waals surface area contributed by atoms with E-state index in [0.717, 1.165) is 6.07 Å². The van der Waals surface area contributed by atoms with Crippen molar-refractivity contribution < 1.29 is 13.9 Å². The molecule has 1 aromatic rings. The quantitative estimate of drug-likeness (QED) is 0.600. The zero-order valence-electron chi connectivity index (χ0n) is 8.63. The maximum absolute atomic E-state index is 13.5. The van der Waals surface area contributed by atoms with E-state index >= 15 is 0 Å². The molecule has 0 spiro atoms. The van der Waals surface area contributed by atoms with Gasteiger partial charge in [0.25, 0.3) is 0 Å². The van der Waals surface area contributed by atoms with Crippen molar-refractivity contribution in [1.29, 1.82) is 0 Å². The SMILES string of the molecule is C=C(C)c1cc(N)c(C(=O)OC)cc1F. The number of allylic oxidation sites excluding steroid dienone is 1. The fourth-order valence-corrected chi connectivity index (χ4v) is 1.20. The average Bonchev–Trinajstić information content (AvgIpc) is 2.19. The molecular weight excluding hydrogens is 197 g/mol. The van der Waals surface area contributed by atoms with Gasteiger partial charge in [0.1, 0.15) is 5.82 Å². The Balaban J connectivity index is 3.31. The standard InChI is InChI=1S/C11H12FNO2/c1-6(2)7-5-10(13)8(4-9(7)12)11(14)15-3/h4-5H,1,13H2,2-3H3. The molecular formula is C11H12FNO2. The van der Waals surface area contributed by atoms with Crippen LogP contribution in [0.1, 0.15) is 22.8 Å². The Kier molecular flexibility index (Phi) is 3.09. The number of halogens is 1. The minimum atomic E-state index is -0.653. The molecule has 0 atom stereocenters. The largest absolute Gasteiger partial charge is 0.465 e. The first-order valence-corrected chi connectivity index (χ1v) is 4.30. The predicted molar refractivity (Wildman–Crippen MR) is 56.9 cm³/mol. The van der Waals surface area contributed by atoms with Gasteiger partial charge in [-0.05, 0) is 24.6 Å². The van der Waals surface area contributed by atoms with Crippen molar-refractivity contribution in [2.45, 2.75) is 6.92 Å². The van der Waals surface area contributed by atoms with Crippen LogP contribution in [0, 0.1) is 5.82 Å². The van der Waals surface area contributed by atoms with Crippen LogP contribution in [0.4, 0.5) is 10.1 Å². The second-order valence-electron chi connectivity index (χ2n) is 3.19. The van der Waals surface area contributed by atoms with Crippen molar-refractivity contribution in [3.8, 4) is 0 Å². The number of rotatable bonds is 2. The first-order valence-electron chi connectivity index (χ1n) is 4.30. The van der Waals surface area contributed by atoms with Crippen molar-refractivity contribution in [2.24, 2.45) is 0 Å². The monoisotopic (exact) mass is 209 g/mol. The molecule has 2 N–H and O–H groups in total. The van der Waals surface area contributed by atoms with Gasteiger partial charge < -0.3 is 10.5 Å². The van der Waals surface area contributed by atoms with E-state index in [2.05, 4.69) is 11.3 Å². The molecule has 0 aliphatic heterocycles. The summed E-state index contributed by atoms with van der Waals surface area (Å²) in [6.45, 7) is 5.27. The predicted octanol–water partition coefficient (Wildman–Crippen LogP) is 2.23. The van der Waals surface area contributed by atoms with Gasteiger partial charge in [-0.1, -0.05) is 6.58 Å². The lowest BCUT2D eigenvalue weighted by atomic mass is 10.0. The zero-order chi connectivity index (χ0) is 11.6. The fraction of sp³-hybridized carbons (Fsp3) is 0.182. The minimum Gasteiger partial charge on any atom is -0.465 e. The number of anilines is 1. The molecule has 3 nitrogen and oxygen atoms in total. The third-order valence-electron chi connectivity index (χ3n) is 2.00. The van der Waals surface area contributed by atoms with Gasteiger partial charge in [-0.3, -0.25) is 0 Å². The van der Waals surface area contributed by atoms with E-state index < -0.39 is 11.8 Å². The molecule has 0 fully saturated rings. The van der Waals surface area contributed by atoms with Crippen molar-refractivity contribution in [2.75, 3.05) is 12.8 Å². The topological polar surface area (TPSA) is 52.3 Å². The number of nitrogen functional groups attached to an aromatic ring is 1. The normalized spacial score (nSPS) is 9.80. The summed E-state index contributed by atoms with van der Waals surface area (Å²) in [4.78, 5) is 11.2. The molecule has 0 bridgehead atoms. The number of esters is 1. The number of nitrogens with two attached hydrogens (primary N) is 1. The van der Waals surface area contributed by atoms with Crippen LogP contribution in [-0.2, 0) is 4.74 Å². The minimum absolute atomic E-state index is 0.0278. The van der Waals surface area contributed by atoms with Gasteiger partial charge in [-0.15, -0.1) is 0 Å². The molecule has 0 aliphatic carbocycles. The Morgan fingerprint density at radius 3 is 2.53 bits per heavy atom. The van der Waals surface area contributed by atoms with Crippen LogP contribution >= 0.6 is 0 Å². The smallest absolute Gasteiger partial charge is 0.340 e. The summed E-state index contributed by atoms with van der Waals surface area (Å²) >= 11 is 0. The summed E-state index contributed by atoms with van der Waals surface area (Å²) < 4.78 is 17.9. The van der Waals surface area contributed by atoms with E-state index in [1.807, 2.05) is 0 Å². The number of ether oxygens (including phenoxy) is 1. The molecule has 0 saturated heterocycles. The summed E-state index contributed by atoms with van der Waals surface area (Å²) in [7, 11) is 1.21. The molecule has 0 aromatic heterocycles. The van der Waals surface area contributed by atoms with E-state index in [4.69, 9.17) is 5.73 Å². The molecule has 1 rings (SSSR count). The summed E-state index contributed by atoms with van der Waals surface area (Å²) in [6.07, 6.45) is 0. The molecule has 0 radical (unpaired) electrons. The number of carbonyl (C=O) groups excluding carboxylic acids is 1. The summed E-state index contributed by atoms with van der Waals surface area (Å²) in [5, 5.41) is 0. The van der Waals surface area contributed by atoms with Crippen LogP contribution in [0.3, 0.4) is 0 Å². The van der Waals surface area contributed by atoms with Crippen molar-refractivity contribution >= 4 is 17.2 Å². The summed E-state index contributed by atoms with van der Waals surface area (Å²) in [6, 6.07) is 2.44. The van der Waals surface area contributed by atoms with Crippen LogP contribution in [0.15, 0.2) is 18.7 Å². The van der Waals surface area contributed by atoms with E-state index in [0.29, 0.717) is 11.1 Å². The molecule has 0 aliphatic rings. The molecule has 0 heterocycles. The highest BCUT2D eigenvalue weighted by atomic mass is 19.1. The number of methoxy groups -OCH3 is 1. The highest BCUT2D eigenvalue weighted by Crippen LogP contribution is 2.23. The molecule has 1 aromatic carbocycles. The lowest BCUT2D eigenvalue weighted by Gasteiger charge is -2.08. The van der Waals surface area contributed by atoms with Gasteiger partial charge in [-0.25, -0.2) is 9.18 Å². The molecule has 15 heavy (non-hydrogen) atoms. The van der Waals surface area contributed by atoms with Gasteiger partial charge in [0, 0.05) is 11.3 Å². The first-order chi connectivity index (χ1) is 6.97. The lowest BCUT2D eigenvalue weighted by Crippen LogP contribution is -2.07. The summed E-state index contributed by atoms with van der Waals surface area (Å²) in [5.74, 6) is -1.18. The van der Waals surface area contributed by atoms with Crippen LogP contribution in [0.2, 0.25) is 0 Å². The number of hydrogen-bond donors (Lipinski definition) is 1. The highest BCUT2D eigenvalue weighted by molar-refractivity contribution is 5.95. The fourth-order valence-electron chi connectivity index (χ4n) is 1.20. The van der Waals surface area contributed by atoms with Crippen molar-refractivity contribution in [1.82, 2.24) is 0 Å². The molecule has 0 unspecified atom stereocenters. The molecule has 4 heteroatoms. The van der Waals surface area contributed by atoms with Crippen molar-refractivity contribution in [3.63, 3.8) is 0 Å². The van der Waals surface area contributed by atoms with Crippen molar-refractivity contribution in [3.05, 3.63) is 35.7 Å². The number of carbonyl (C=O) groups is 1. The second kappa shape index (κ2) is 4.13. The Morgan fingerprint density at radius 1 is 1.47 bits per heavy atom. The highest BCUT2D eigenvalue weighted by Gasteiger charge is 2.14. The van der Waals surface area contributed by atoms with E-state index in [-0.39, 0.29) is 11.3 Å². The zero-order valence-corrected chi connectivity index (χ0v) is 8.63. The van der Waals surface area contributed by atoms with E-state index in [1.54, 1.807) is 6.92 Å². The van der Waals surface area contributed by atoms with E-state index in [1.165, 1.54) is 13.2 Å². The summed E-state index contributed by atoms with van der Waals surface area (Å²) in [5.41, 5.74) is 6.66. The van der Waals surface area contributed by atoms with Gasteiger partial charge in [0.05, 0.1) is 12.7 Å². The van der Waals surface area contributed by atoms with Gasteiger partial charge >= 0.3 is 5.97 Å². The lowest BCUT2D eigenvalue weighted by molar-refractivity contribution is 0.0601. The van der Waals surface area contributed by atoms with Gasteiger partial charge in [0.15, 0.2) is 0 Å². The van der Waals surface area contributed by atoms with Crippen LogP contribution in [0.5, 0.6) is 0 Å². The third kappa shape index (κ3) is 2.15. The molecule has 0 amide bonds. The maximum atomic E-state index is 13.5. The first kappa shape index (κ1) is 11.2. The molecule has 80 valence electrons. The van der Waals surface area contributed by atoms with Crippen LogP contribution in [-0.4, -0.2) is 13.1 Å². The Bertz CT molecular complexity index is 427. The second-order valence-corrected chi connectivity index (χ2v) is 3.19.